The van der Waals surface area contributed by atoms with Crippen molar-refractivity contribution in [3.63, 3.8) is 0 Å². The van der Waals surface area contributed by atoms with Gasteiger partial charge in [0, 0.05) is 12.2 Å². The number of ether oxygens (including phenoxy) is 1. The number of rotatable bonds is 4. The Labute approximate surface area is 148 Å². The van der Waals surface area contributed by atoms with Gasteiger partial charge in [-0.05, 0) is 56.5 Å². The summed E-state index contributed by atoms with van der Waals surface area (Å²) in [6.45, 7) is 4.27. The van der Waals surface area contributed by atoms with Crippen LogP contribution in [0, 0.1) is 6.92 Å². The van der Waals surface area contributed by atoms with E-state index in [0.29, 0.717) is 12.2 Å². The molecule has 3 rings (SSSR count). The van der Waals surface area contributed by atoms with E-state index in [9.17, 15) is 9.90 Å². The van der Waals surface area contributed by atoms with Gasteiger partial charge in [0.25, 0.3) is 5.91 Å². The molecule has 1 aliphatic heterocycles. The number of hydrogen-bond donors (Lipinski definition) is 1. The number of aliphatic hydroxyl groups is 1. The van der Waals surface area contributed by atoms with Crippen LogP contribution in [0.2, 0.25) is 0 Å². The third-order valence-electron chi connectivity index (χ3n) is 4.94. The average molecular weight is 340 g/mol. The van der Waals surface area contributed by atoms with Crippen LogP contribution in [0.5, 0.6) is 5.75 Å². The van der Waals surface area contributed by atoms with Crippen molar-refractivity contribution in [2.45, 2.75) is 38.3 Å². The summed E-state index contributed by atoms with van der Waals surface area (Å²) in [4.78, 5) is 19.0. The molecule has 132 valence electrons. The van der Waals surface area contributed by atoms with E-state index in [1.54, 1.807) is 25.0 Å². The van der Waals surface area contributed by atoms with E-state index in [1.807, 2.05) is 43.3 Å². The van der Waals surface area contributed by atoms with Crippen LogP contribution >= 0.6 is 0 Å². The fourth-order valence-electron chi connectivity index (χ4n) is 3.52. The van der Waals surface area contributed by atoms with Gasteiger partial charge in [-0.1, -0.05) is 18.2 Å². The zero-order valence-corrected chi connectivity index (χ0v) is 14.9. The van der Waals surface area contributed by atoms with Crippen LogP contribution in [-0.2, 0) is 5.60 Å². The van der Waals surface area contributed by atoms with Gasteiger partial charge in [0.1, 0.15) is 17.0 Å². The molecule has 25 heavy (non-hydrogen) atoms. The Morgan fingerprint density at radius 3 is 2.64 bits per heavy atom. The highest BCUT2D eigenvalue weighted by atomic mass is 16.5. The quantitative estimate of drug-likeness (QED) is 0.929. The van der Waals surface area contributed by atoms with Crippen molar-refractivity contribution in [2.75, 3.05) is 13.7 Å². The van der Waals surface area contributed by atoms with Gasteiger partial charge in [-0.2, -0.15) is 0 Å². The van der Waals surface area contributed by atoms with Crippen LogP contribution in [0.3, 0.4) is 0 Å². The van der Waals surface area contributed by atoms with Crippen molar-refractivity contribution in [3.05, 3.63) is 59.4 Å². The van der Waals surface area contributed by atoms with Gasteiger partial charge in [-0.25, -0.2) is 4.98 Å². The van der Waals surface area contributed by atoms with Crippen LogP contribution in [0.25, 0.3) is 0 Å². The zero-order chi connectivity index (χ0) is 18.0. The first-order chi connectivity index (χ1) is 11.9. The van der Waals surface area contributed by atoms with Crippen molar-refractivity contribution in [2.24, 2.45) is 0 Å². The number of amides is 1. The van der Waals surface area contributed by atoms with Gasteiger partial charge in [0.15, 0.2) is 0 Å². The molecule has 2 aromatic rings. The highest BCUT2D eigenvalue weighted by Crippen LogP contribution is 2.36. The lowest BCUT2D eigenvalue weighted by molar-refractivity contribution is -0.0179. The number of methoxy groups -OCH3 is 1. The Morgan fingerprint density at radius 2 is 2.00 bits per heavy atom. The Hall–Kier alpha value is -2.40. The number of hydrogen-bond acceptors (Lipinski definition) is 4. The first-order valence-electron chi connectivity index (χ1n) is 8.55. The highest BCUT2D eigenvalue weighted by Gasteiger charge is 2.43. The van der Waals surface area contributed by atoms with E-state index < -0.39 is 5.60 Å². The predicted octanol–water partition coefficient (Wildman–Crippen LogP) is 2.91. The molecule has 1 amide bonds. The summed E-state index contributed by atoms with van der Waals surface area (Å²) in [5.74, 6) is 0.614. The van der Waals surface area contributed by atoms with Gasteiger partial charge < -0.3 is 14.7 Å². The number of carbonyl (C=O) groups excluding carboxylic acids is 1. The second kappa shape index (κ2) is 6.84. The maximum Gasteiger partial charge on any atom is 0.272 e. The number of benzene rings is 1. The fraction of sp³-hybridized carbons (Fsp3) is 0.400. The van der Waals surface area contributed by atoms with E-state index >= 15 is 0 Å². The maximum atomic E-state index is 12.9. The van der Waals surface area contributed by atoms with Crippen molar-refractivity contribution in [1.82, 2.24) is 9.88 Å². The molecule has 5 nitrogen and oxygen atoms in total. The summed E-state index contributed by atoms with van der Waals surface area (Å²) in [5, 5.41) is 11.2. The molecule has 1 aliphatic rings. The molecule has 1 aromatic carbocycles. The fourth-order valence-corrected chi connectivity index (χ4v) is 3.52. The van der Waals surface area contributed by atoms with E-state index in [0.717, 1.165) is 29.8 Å². The molecule has 1 N–H and O–H groups in total. The Bertz CT molecular complexity index is 756. The van der Waals surface area contributed by atoms with Crippen molar-refractivity contribution in [1.29, 1.82) is 0 Å². The van der Waals surface area contributed by atoms with Crippen molar-refractivity contribution < 1.29 is 14.6 Å². The molecule has 0 saturated carbocycles. The molecule has 1 fully saturated rings. The normalized spacial score (nSPS) is 19.5. The number of aromatic nitrogens is 1. The summed E-state index contributed by atoms with van der Waals surface area (Å²) in [6.07, 6.45) is 1.63. The van der Waals surface area contributed by atoms with Gasteiger partial charge >= 0.3 is 0 Å². The molecule has 0 radical (unpaired) electrons. The molecule has 0 bridgehead atoms. The Kier molecular flexibility index (Phi) is 4.77. The number of carbonyl (C=O) groups is 1. The smallest absolute Gasteiger partial charge is 0.272 e. The molecular weight excluding hydrogens is 316 g/mol. The summed E-state index contributed by atoms with van der Waals surface area (Å²) in [6, 6.07) is 12.5. The lowest BCUT2D eigenvalue weighted by Gasteiger charge is -2.37. The molecule has 0 spiro atoms. The van der Waals surface area contributed by atoms with E-state index in [-0.39, 0.29) is 11.9 Å². The Balaban J connectivity index is 1.87. The third kappa shape index (κ3) is 3.37. The minimum atomic E-state index is -1.14. The van der Waals surface area contributed by atoms with Gasteiger partial charge in [0.2, 0.25) is 0 Å². The van der Waals surface area contributed by atoms with Crippen molar-refractivity contribution in [3.8, 4) is 5.75 Å². The predicted molar refractivity (Wildman–Crippen MR) is 95.6 cm³/mol. The van der Waals surface area contributed by atoms with E-state index in [4.69, 9.17) is 4.74 Å². The molecule has 2 heterocycles. The molecule has 1 aromatic heterocycles. The summed E-state index contributed by atoms with van der Waals surface area (Å²) in [5.41, 5.74) is 0.874. The minimum Gasteiger partial charge on any atom is -0.497 e. The van der Waals surface area contributed by atoms with Crippen LogP contribution in [0.4, 0.5) is 0 Å². The van der Waals surface area contributed by atoms with Crippen molar-refractivity contribution >= 4 is 5.91 Å². The lowest BCUT2D eigenvalue weighted by Crippen LogP contribution is -2.48. The topological polar surface area (TPSA) is 62.7 Å². The Morgan fingerprint density at radius 1 is 1.28 bits per heavy atom. The van der Waals surface area contributed by atoms with Gasteiger partial charge in [-0.3, -0.25) is 4.79 Å². The summed E-state index contributed by atoms with van der Waals surface area (Å²) in [7, 11) is 1.61. The molecular formula is C20H24N2O3. The first kappa shape index (κ1) is 17.4. The number of pyridine rings is 1. The SMILES string of the molecule is COc1ccc([C@](C)(O)[C@@H]2CCCN2C(=O)c2cccc(C)n2)cc1. The van der Waals surface area contributed by atoms with E-state index in [1.165, 1.54) is 0 Å². The number of nitrogens with zero attached hydrogens (tertiary/aromatic N) is 2. The highest BCUT2D eigenvalue weighted by molar-refractivity contribution is 5.92. The minimum absolute atomic E-state index is 0.125. The summed E-state index contributed by atoms with van der Waals surface area (Å²) >= 11 is 0. The molecule has 5 heteroatoms. The van der Waals surface area contributed by atoms with Gasteiger partial charge in [0.05, 0.1) is 13.2 Å². The second-order valence-electron chi connectivity index (χ2n) is 6.70. The molecule has 0 aliphatic carbocycles. The van der Waals surface area contributed by atoms with Crippen LogP contribution in [-0.4, -0.2) is 40.6 Å². The molecule has 2 atom stereocenters. The molecule has 0 unspecified atom stereocenters. The molecule has 1 saturated heterocycles. The summed E-state index contributed by atoms with van der Waals surface area (Å²) < 4.78 is 5.18. The van der Waals surface area contributed by atoms with Crippen LogP contribution < -0.4 is 4.74 Å². The zero-order valence-electron chi connectivity index (χ0n) is 14.9. The van der Waals surface area contributed by atoms with E-state index in [2.05, 4.69) is 4.98 Å². The van der Waals surface area contributed by atoms with Crippen LogP contribution in [0.1, 0.15) is 41.5 Å². The third-order valence-corrected chi connectivity index (χ3v) is 4.94. The largest absolute Gasteiger partial charge is 0.497 e. The number of aryl methyl sites for hydroxylation is 1. The number of likely N-dealkylation sites (tertiary alicyclic amines) is 1. The standard InChI is InChI=1S/C20H24N2O3/c1-14-6-4-7-17(21-14)19(23)22-13-5-8-18(22)20(2,24)15-9-11-16(25-3)12-10-15/h4,6-7,9-12,18,24H,5,8,13H2,1-3H3/t18-,20-/m0/s1. The maximum absolute atomic E-state index is 12.9. The first-order valence-corrected chi connectivity index (χ1v) is 8.55. The lowest BCUT2D eigenvalue weighted by atomic mass is 9.86. The average Bonchev–Trinajstić information content (AvgIpc) is 3.11. The second-order valence-corrected chi connectivity index (χ2v) is 6.70. The monoisotopic (exact) mass is 340 g/mol. The van der Waals surface area contributed by atoms with Gasteiger partial charge in [-0.15, -0.1) is 0 Å². The van der Waals surface area contributed by atoms with Crippen LogP contribution in [0.15, 0.2) is 42.5 Å².